The highest BCUT2D eigenvalue weighted by Crippen LogP contribution is 2.28. The molecule has 1 aliphatic rings. The molecule has 162 valence electrons. The molecule has 0 saturated carbocycles. The fourth-order valence-corrected chi connectivity index (χ4v) is 4.11. The van der Waals surface area contributed by atoms with Gasteiger partial charge in [-0.2, -0.15) is 0 Å². The van der Waals surface area contributed by atoms with E-state index in [1.54, 1.807) is 26.1 Å². The quantitative estimate of drug-likeness (QED) is 0.598. The Morgan fingerprint density at radius 1 is 1.16 bits per heavy atom. The maximum absolute atomic E-state index is 12.9. The van der Waals surface area contributed by atoms with Crippen LogP contribution in [0.3, 0.4) is 0 Å². The molecule has 4 rings (SSSR count). The summed E-state index contributed by atoms with van der Waals surface area (Å²) in [7, 11) is 0. The van der Waals surface area contributed by atoms with Crippen molar-refractivity contribution in [3.8, 4) is 5.75 Å². The van der Waals surface area contributed by atoms with Gasteiger partial charge in [0.1, 0.15) is 17.2 Å². The summed E-state index contributed by atoms with van der Waals surface area (Å²) in [4.78, 5) is 35.4. The Labute approximate surface area is 181 Å². The lowest BCUT2D eigenvalue weighted by atomic mass is 9.93. The first-order valence-electron chi connectivity index (χ1n) is 10.6. The highest BCUT2D eigenvalue weighted by molar-refractivity contribution is 5.83. The molecule has 1 aromatic carbocycles. The van der Waals surface area contributed by atoms with E-state index in [0.717, 1.165) is 35.3 Å². The van der Waals surface area contributed by atoms with Crippen LogP contribution in [0.1, 0.15) is 48.3 Å². The lowest BCUT2D eigenvalue weighted by Gasteiger charge is -2.33. The summed E-state index contributed by atoms with van der Waals surface area (Å²) in [6.45, 7) is 8.63. The first kappa shape index (κ1) is 21.0. The second-order valence-electron chi connectivity index (χ2n) is 8.19. The van der Waals surface area contributed by atoms with E-state index in [2.05, 4.69) is 9.97 Å². The largest absolute Gasteiger partial charge is 0.481 e. The standard InChI is InChI=1S/C24H27N3O4/c1-14-15(2)24(29)31-22-13-19(5-6-20(14)22)30-16(3)23(28)27-11-8-18(9-12-27)21-7-10-25-17(4)26-21/h5-7,10,13,16,18H,8-9,11-12H2,1-4H3. The van der Waals surface area contributed by atoms with Gasteiger partial charge in [0.05, 0.1) is 0 Å². The van der Waals surface area contributed by atoms with Crippen LogP contribution in [0.4, 0.5) is 0 Å². The first-order valence-corrected chi connectivity index (χ1v) is 10.6. The fraction of sp³-hybridized carbons (Fsp3) is 0.417. The molecule has 7 nitrogen and oxygen atoms in total. The topological polar surface area (TPSA) is 85.5 Å². The Morgan fingerprint density at radius 2 is 1.90 bits per heavy atom. The van der Waals surface area contributed by atoms with Crippen LogP contribution in [0.15, 0.2) is 39.7 Å². The van der Waals surface area contributed by atoms with Crippen LogP contribution in [0.5, 0.6) is 5.75 Å². The molecule has 0 bridgehead atoms. The van der Waals surface area contributed by atoms with Crippen LogP contribution < -0.4 is 10.4 Å². The molecule has 1 unspecified atom stereocenters. The Kier molecular flexibility index (Phi) is 5.76. The third kappa shape index (κ3) is 4.31. The molecule has 7 heteroatoms. The third-order valence-corrected chi connectivity index (χ3v) is 6.11. The van der Waals surface area contributed by atoms with Gasteiger partial charge in [0.15, 0.2) is 6.10 Å². The van der Waals surface area contributed by atoms with Gasteiger partial charge in [-0.05, 0) is 64.3 Å². The van der Waals surface area contributed by atoms with E-state index in [1.807, 2.05) is 36.9 Å². The van der Waals surface area contributed by atoms with Crippen molar-refractivity contribution in [1.29, 1.82) is 0 Å². The highest BCUT2D eigenvalue weighted by atomic mass is 16.5. The summed E-state index contributed by atoms with van der Waals surface area (Å²) >= 11 is 0. The normalized spacial score (nSPS) is 15.8. The molecule has 1 atom stereocenters. The van der Waals surface area contributed by atoms with E-state index >= 15 is 0 Å². The van der Waals surface area contributed by atoms with Gasteiger partial charge < -0.3 is 14.1 Å². The average molecular weight is 421 g/mol. The van der Waals surface area contributed by atoms with Gasteiger partial charge in [0, 0.05) is 47.9 Å². The number of likely N-dealkylation sites (tertiary alicyclic amines) is 1. The average Bonchev–Trinajstić information content (AvgIpc) is 2.77. The zero-order chi connectivity index (χ0) is 22.1. The summed E-state index contributed by atoms with van der Waals surface area (Å²) in [6.07, 6.45) is 2.90. The predicted octanol–water partition coefficient (Wildman–Crippen LogP) is 3.68. The van der Waals surface area contributed by atoms with Crippen molar-refractivity contribution in [3.63, 3.8) is 0 Å². The predicted molar refractivity (Wildman–Crippen MR) is 117 cm³/mol. The van der Waals surface area contributed by atoms with Crippen molar-refractivity contribution in [2.45, 2.75) is 52.6 Å². The van der Waals surface area contributed by atoms with Crippen LogP contribution >= 0.6 is 0 Å². The van der Waals surface area contributed by atoms with Crippen LogP contribution in [0.2, 0.25) is 0 Å². The van der Waals surface area contributed by atoms with Gasteiger partial charge in [0.25, 0.3) is 5.91 Å². The molecule has 1 aliphatic heterocycles. The minimum atomic E-state index is -0.631. The number of rotatable bonds is 4. The summed E-state index contributed by atoms with van der Waals surface area (Å²) in [5.41, 5.74) is 2.65. The number of hydrogen-bond acceptors (Lipinski definition) is 6. The molecule has 0 spiro atoms. The van der Waals surface area contributed by atoms with E-state index in [9.17, 15) is 9.59 Å². The van der Waals surface area contributed by atoms with Gasteiger partial charge in [0.2, 0.25) is 0 Å². The Bertz CT molecular complexity index is 1180. The number of amides is 1. The SMILES string of the molecule is Cc1nccc(C2CCN(C(=O)C(C)Oc3ccc4c(C)c(C)c(=O)oc4c3)CC2)n1. The molecule has 0 aliphatic carbocycles. The molecular formula is C24H27N3O4. The van der Waals surface area contributed by atoms with Gasteiger partial charge in [-0.1, -0.05) is 0 Å². The molecule has 0 N–H and O–H groups in total. The van der Waals surface area contributed by atoms with E-state index < -0.39 is 6.10 Å². The van der Waals surface area contributed by atoms with Gasteiger partial charge in [-0.25, -0.2) is 14.8 Å². The fourth-order valence-electron chi connectivity index (χ4n) is 4.11. The number of aromatic nitrogens is 2. The summed E-state index contributed by atoms with van der Waals surface area (Å²) in [5, 5.41) is 0.866. The molecule has 1 amide bonds. The monoisotopic (exact) mass is 421 g/mol. The molecule has 1 fully saturated rings. The van der Waals surface area contributed by atoms with Crippen LogP contribution in [0, 0.1) is 20.8 Å². The number of piperidine rings is 1. The Hall–Kier alpha value is -3.22. The number of fused-ring (bicyclic) bond motifs is 1. The van der Waals surface area contributed by atoms with E-state index in [0.29, 0.717) is 35.9 Å². The summed E-state index contributed by atoms with van der Waals surface area (Å²) < 4.78 is 11.3. The number of benzene rings is 1. The Morgan fingerprint density at radius 3 is 2.61 bits per heavy atom. The van der Waals surface area contributed by atoms with Crippen LogP contribution in [0.25, 0.3) is 11.0 Å². The molecular weight excluding hydrogens is 394 g/mol. The highest BCUT2D eigenvalue weighted by Gasteiger charge is 2.28. The van der Waals surface area contributed by atoms with Crippen molar-refractivity contribution >= 4 is 16.9 Å². The van der Waals surface area contributed by atoms with Crippen LogP contribution in [-0.2, 0) is 4.79 Å². The molecule has 0 radical (unpaired) electrons. The minimum Gasteiger partial charge on any atom is -0.481 e. The summed E-state index contributed by atoms with van der Waals surface area (Å²) in [6, 6.07) is 7.31. The van der Waals surface area contributed by atoms with Crippen molar-refractivity contribution in [2.24, 2.45) is 0 Å². The van der Waals surface area contributed by atoms with E-state index in [1.165, 1.54) is 0 Å². The Balaban J connectivity index is 1.41. The van der Waals surface area contributed by atoms with E-state index in [-0.39, 0.29) is 11.5 Å². The number of carbonyl (C=O) groups is 1. The third-order valence-electron chi connectivity index (χ3n) is 6.11. The number of aryl methyl sites for hydroxylation is 2. The van der Waals surface area contributed by atoms with Crippen molar-refractivity contribution < 1.29 is 13.9 Å². The van der Waals surface area contributed by atoms with Crippen molar-refractivity contribution in [1.82, 2.24) is 14.9 Å². The first-order chi connectivity index (χ1) is 14.8. The van der Waals surface area contributed by atoms with Crippen molar-refractivity contribution in [2.75, 3.05) is 13.1 Å². The molecule has 3 aromatic rings. The second kappa shape index (κ2) is 8.49. The molecule has 1 saturated heterocycles. The zero-order valence-corrected chi connectivity index (χ0v) is 18.3. The summed E-state index contributed by atoms with van der Waals surface area (Å²) in [5.74, 6) is 1.58. The van der Waals surface area contributed by atoms with Gasteiger partial charge in [-0.15, -0.1) is 0 Å². The number of ether oxygens (including phenoxy) is 1. The zero-order valence-electron chi connectivity index (χ0n) is 18.3. The minimum absolute atomic E-state index is 0.0426. The number of nitrogens with zero attached hydrogens (tertiary/aromatic N) is 3. The smallest absolute Gasteiger partial charge is 0.339 e. The maximum atomic E-state index is 12.9. The molecule has 2 aromatic heterocycles. The van der Waals surface area contributed by atoms with Gasteiger partial charge >= 0.3 is 5.63 Å². The number of carbonyl (C=O) groups excluding carboxylic acids is 1. The van der Waals surface area contributed by atoms with Gasteiger partial charge in [-0.3, -0.25) is 4.79 Å². The van der Waals surface area contributed by atoms with Crippen molar-refractivity contribution in [3.05, 3.63) is 63.5 Å². The number of hydrogen-bond donors (Lipinski definition) is 0. The lowest BCUT2D eigenvalue weighted by molar-refractivity contribution is -0.139. The van der Waals surface area contributed by atoms with E-state index in [4.69, 9.17) is 9.15 Å². The van der Waals surface area contributed by atoms with Crippen LogP contribution in [-0.4, -0.2) is 40.0 Å². The maximum Gasteiger partial charge on any atom is 0.339 e. The molecule has 3 heterocycles. The molecule has 31 heavy (non-hydrogen) atoms. The lowest BCUT2D eigenvalue weighted by Crippen LogP contribution is -2.44. The second-order valence-corrected chi connectivity index (χ2v) is 8.19.